The lowest BCUT2D eigenvalue weighted by atomic mass is 9.98. The molecule has 0 aromatic carbocycles. The maximum Gasteiger partial charge on any atom is 0.152 e. The van der Waals surface area contributed by atoms with Crippen molar-refractivity contribution in [3.63, 3.8) is 0 Å². The van der Waals surface area contributed by atoms with Crippen molar-refractivity contribution in [1.82, 2.24) is 9.97 Å². The van der Waals surface area contributed by atoms with Crippen LogP contribution in [0.5, 0.6) is 0 Å². The van der Waals surface area contributed by atoms with Crippen LogP contribution in [0, 0.1) is 5.92 Å². The lowest BCUT2D eigenvalue weighted by Gasteiger charge is -2.12. The van der Waals surface area contributed by atoms with Gasteiger partial charge in [0.2, 0.25) is 0 Å². The zero-order valence-electron chi connectivity index (χ0n) is 8.47. The molecule has 76 valence electrons. The second-order valence-corrected chi connectivity index (χ2v) is 3.61. The predicted octanol–water partition coefficient (Wildman–Crippen LogP) is 0.571. The van der Waals surface area contributed by atoms with Crippen LogP contribution in [0.25, 0.3) is 0 Å². The third-order valence-corrected chi connectivity index (χ3v) is 2.00. The van der Waals surface area contributed by atoms with Crippen molar-refractivity contribution in [2.45, 2.75) is 26.3 Å². The molecular weight excluding hydrogens is 178 g/mol. The first-order chi connectivity index (χ1) is 6.61. The Balaban J connectivity index is 2.57. The highest BCUT2D eigenvalue weighted by molar-refractivity contribution is 5.85. The van der Waals surface area contributed by atoms with Gasteiger partial charge >= 0.3 is 0 Å². The fourth-order valence-electron chi connectivity index (χ4n) is 1.22. The van der Waals surface area contributed by atoms with E-state index >= 15 is 0 Å². The highest BCUT2D eigenvalue weighted by atomic mass is 16.1. The van der Waals surface area contributed by atoms with Gasteiger partial charge in [-0.05, 0) is 12.0 Å². The maximum atomic E-state index is 11.5. The SMILES string of the molecule is CC(C)C(=O)C(N)Cc1cncnc1. The number of nitrogens with two attached hydrogens (primary N) is 1. The Kier molecular flexibility index (Phi) is 3.71. The van der Waals surface area contributed by atoms with Gasteiger partial charge in [-0.1, -0.05) is 13.8 Å². The van der Waals surface area contributed by atoms with E-state index in [1.165, 1.54) is 6.33 Å². The fraction of sp³-hybridized carbons (Fsp3) is 0.500. The summed E-state index contributed by atoms with van der Waals surface area (Å²) in [7, 11) is 0. The summed E-state index contributed by atoms with van der Waals surface area (Å²) in [6.45, 7) is 3.70. The van der Waals surface area contributed by atoms with E-state index in [0.717, 1.165) is 5.56 Å². The number of hydrogen-bond acceptors (Lipinski definition) is 4. The van der Waals surface area contributed by atoms with E-state index in [1.54, 1.807) is 12.4 Å². The van der Waals surface area contributed by atoms with E-state index in [2.05, 4.69) is 9.97 Å². The molecule has 1 atom stereocenters. The minimum atomic E-state index is -0.444. The van der Waals surface area contributed by atoms with Crippen molar-refractivity contribution in [3.05, 3.63) is 24.3 Å². The minimum absolute atomic E-state index is 0.0189. The van der Waals surface area contributed by atoms with Crippen molar-refractivity contribution < 1.29 is 4.79 Å². The van der Waals surface area contributed by atoms with Gasteiger partial charge in [0, 0.05) is 18.3 Å². The molecular formula is C10H15N3O. The first-order valence-electron chi connectivity index (χ1n) is 4.64. The Bertz CT molecular complexity index is 297. The maximum absolute atomic E-state index is 11.5. The second kappa shape index (κ2) is 4.81. The van der Waals surface area contributed by atoms with Crippen LogP contribution in [0.2, 0.25) is 0 Å². The summed E-state index contributed by atoms with van der Waals surface area (Å²) in [5.41, 5.74) is 6.64. The number of aromatic nitrogens is 2. The van der Waals surface area contributed by atoms with Crippen molar-refractivity contribution in [2.75, 3.05) is 0 Å². The number of Topliss-reactive ketones (excluding diaryl/α,β-unsaturated/α-hetero) is 1. The average Bonchev–Trinajstić information content (AvgIpc) is 2.18. The van der Waals surface area contributed by atoms with E-state index < -0.39 is 6.04 Å². The highest BCUT2D eigenvalue weighted by Gasteiger charge is 2.17. The van der Waals surface area contributed by atoms with Crippen LogP contribution < -0.4 is 5.73 Å². The van der Waals surface area contributed by atoms with Gasteiger partial charge in [-0.25, -0.2) is 9.97 Å². The van der Waals surface area contributed by atoms with E-state index in [0.29, 0.717) is 6.42 Å². The average molecular weight is 193 g/mol. The summed E-state index contributed by atoms with van der Waals surface area (Å²) in [4.78, 5) is 19.2. The Hall–Kier alpha value is -1.29. The van der Waals surface area contributed by atoms with E-state index in [4.69, 9.17) is 5.73 Å². The molecule has 0 saturated carbocycles. The smallest absolute Gasteiger partial charge is 0.152 e. The summed E-state index contributed by atoms with van der Waals surface area (Å²) in [5.74, 6) is 0.0588. The van der Waals surface area contributed by atoms with Crippen LogP contribution in [0.3, 0.4) is 0 Å². The standard InChI is InChI=1S/C10H15N3O/c1-7(2)10(14)9(11)3-8-4-12-6-13-5-8/h4-7,9H,3,11H2,1-2H3. The molecule has 0 spiro atoms. The van der Waals surface area contributed by atoms with Crippen LogP contribution in [0.15, 0.2) is 18.7 Å². The number of carbonyl (C=O) groups is 1. The molecule has 0 aliphatic carbocycles. The molecule has 0 radical (unpaired) electrons. The van der Waals surface area contributed by atoms with Gasteiger partial charge in [0.25, 0.3) is 0 Å². The molecule has 4 nitrogen and oxygen atoms in total. The quantitative estimate of drug-likeness (QED) is 0.759. The van der Waals surface area contributed by atoms with Crippen LogP contribution in [-0.4, -0.2) is 21.8 Å². The predicted molar refractivity (Wildman–Crippen MR) is 53.6 cm³/mol. The van der Waals surface area contributed by atoms with Crippen LogP contribution in [0.1, 0.15) is 19.4 Å². The van der Waals surface area contributed by atoms with Gasteiger partial charge < -0.3 is 5.73 Å². The van der Waals surface area contributed by atoms with E-state index in [-0.39, 0.29) is 11.7 Å². The van der Waals surface area contributed by atoms with Crippen LogP contribution >= 0.6 is 0 Å². The van der Waals surface area contributed by atoms with Crippen molar-refractivity contribution >= 4 is 5.78 Å². The molecule has 0 fully saturated rings. The fourth-order valence-corrected chi connectivity index (χ4v) is 1.22. The van der Waals surface area contributed by atoms with Gasteiger partial charge in [0.15, 0.2) is 5.78 Å². The minimum Gasteiger partial charge on any atom is -0.321 e. The van der Waals surface area contributed by atoms with Crippen LogP contribution in [-0.2, 0) is 11.2 Å². The second-order valence-electron chi connectivity index (χ2n) is 3.61. The first-order valence-corrected chi connectivity index (χ1v) is 4.64. The molecule has 1 aromatic heterocycles. The largest absolute Gasteiger partial charge is 0.321 e. The molecule has 0 amide bonds. The number of ketones is 1. The van der Waals surface area contributed by atoms with E-state index in [1.807, 2.05) is 13.8 Å². The number of nitrogens with zero attached hydrogens (tertiary/aromatic N) is 2. The molecule has 0 aliphatic heterocycles. The van der Waals surface area contributed by atoms with E-state index in [9.17, 15) is 4.79 Å². The third kappa shape index (κ3) is 2.88. The molecule has 2 N–H and O–H groups in total. The number of hydrogen-bond donors (Lipinski definition) is 1. The van der Waals surface area contributed by atoms with Gasteiger partial charge in [0.1, 0.15) is 6.33 Å². The monoisotopic (exact) mass is 193 g/mol. The van der Waals surface area contributed by atoms with Crippen molar-refractivity contribution in [1.29, 1.82) is 0 Å². The first kappa shape index (κ1) is 10.8. The Morgan fingerprint density at radius 3 is 2.50 bits per heavy atom. The topological polar surface area (TPSA) is 68.9 Å². The lowest BCUT2D eigenvalue weighted by Crippen LogP contribution is -2.35. The van der Waals surface area contributed by atoms with Gasteiger partial charge in [0.05, 0.1) is 6.04 Å². The molecule has 1 aromatic rings. The molecule has 0 bridgehead atoms. The summed E-state index contributed by atoms with van der Waals surface area (Å²) >= 11 is 0. The molecule has 0 aliphatic rings. The number of carbonyl (C=O) groups excluding carboxylic acids is 1. The van der Waals surface area contributed by atoms with Crippen molar-refractivity contribution in [2.24, 2.45) is 11.7 Å². The third-order valence-electron chi connectivity index (χ3n) is 2.00. The normalized spacial score (nSPS) is 12.9. The summed E-state index contributed by atoms with van der Waals surface area (Å²) in [6.07, 6.45) is 5.33. The zero-order valence-corrected chi connectivity index (χ0v) is 8.47. The summed E-state index contributed by atoms with van der Waals surface area (Å²) in [6, 6.07) is -0.444. The highest BCUT2D eigenvalue weighted by Crippen LogP contribution is 2.04. The number of rotatable bonds is 4. The molecule has 0 saturated heterocycles. The lowest BCUT2D eigenvalue weighted by molar-refractivity contribution is -0.123. The van der Waals surface area contributed by atoms with Crippen molar-refractivity contribution in [3.8, 4) is 0 Å². The van der Waals surface area contributed by atoms with Crippen LogP contribution in [0.4, 0.5) is 0 Å². The molecule has 1 unspecified atom stereocenters. The van der Waals surface area contributed by atoms with Gasteiger partial charge in [-0.15, -0.1) is 0 Å². The molecule has 14 heavy (non-hydrogen) atoms. The Labute approximate surface area is 83.6 Å². The Morgan fingerprint density at radius 2 is 2.00 bits per heavy atom. The molecule has 1 heterocycles. The van der Waals surface area contributed by atoms with Gasteiger partial charge in [-0.2, -0.15) is 0 Å². The zero-order chi connectivity index (χ0) is 10.6. The molecule has 1 rings (SSSR count). The summed E-state index contributed by atoms with van der Waals surface area (Å²) < 4.78 is 0. The Morgan fingerprint density at radius 1 is 1.43 bits per heavy atom. The summed E-state index contributed by atoms with van der Waals surface area (Å²) in [5, 5.41) is 0. The molecule has 4 heteroatoms. The van der Waals surface area contributed by atoms with Gasteiger partial charge in [-0.3, -0.25) is 4.79 Å².